The summed E-state index contributed by atoms with van der Waals surface area (Å²) in [6, 6.07) is 6.80. The number of rotatable bonds is 2. The summed E-state index contributed by atoms with van der Waals surface area (Å²) in [5.74, 6) is -0.936. The molecule has 0 aliphatic heterocycles. The van der Waals surface area contributed by atoms with Gasteiger partial charge in [0, 0.05) is 12.4 Å². The summed E-state index contributed by atoms with van der Waals surface area (Å²) in [7, 11) is 0. The van der Waals surface area contributed by atoms with Gasteiger partial charge in [-0.3, -0.25) is 0 Å². The third-order valence-electron chi connectivity index (χ3n) is 1.92. The first kappa shape index (κ1) is 8.50. The predicted molar refractivity (Wildman–Crippen MR) is 50.5 cm³/mol. The van der Waals surface area contributed by atoms with Crippen molar-refractivity contribution < 1.29 is 9.90 Å². The van der Waals surface area contributed by atoms with Crippen LogP contribution in [0.1, 0.15) is 10.4 Å². The molecule has 4 nitrogen and oxygen atoms in total. The van der Waals surface area contributed by atoms with Gasteiger partial charge in [-0.1, -0.05) is 12.1 Å². The van der Waals surface area contributed by atoms with E-state index < -0.39 is 5.97 Å². The van der Waals surface area contributed by atoms with Crippen LogP contribution in [0.25, 0.3) is 5.69 Å². The number of imidazole rings is 1. The van der Waals surface area contributed by atoms with Crippen LogP contribution in [0.2, 0.25) is 0 Å². The maximum atomic E-state index is 10.9. The van der Waals surface area contributed by atoms with Gasteiger partial charge in [0.2, 0.25) is 0 Å². The Labute approximate surface area is 80.4 Å². The lowest BCUT2D eigenvalue weighted by atomic mass is 10.2. The first-order valence-electron chi connectivity index (χ1n) is 4.09. The van der Waals surface area contributed by atoms with Crippen LogP contribution >= 0.6 is 0 Å². The molecule has 2 aromatic rings. The zero-order valence-corrected chi connectivity index (χ0v) is 7.29. The van der Waals surface area contributed by atoms with E-state index in [0.29, 0.717) is 5.69 Å². The van der Waals surface area contributed by atoms with Gasteiger partial charge >= 0.3 is 5.97 Å². The van der Waals surface area contributed by atoms with Crippen LogP contribution in [0.4, 0.5) is 0 Å². The molecule has 0 amide bonds. The number of benzene rings is 1. The van der Waals surface area contributed by atoms with Crippen molar-refractivity contribution in [2.75, 3.05) is 0 Å². The van der Waals surface area contributed by atoms with Crippen molar-refractivity contribution in [3.8, 4) is 5.69 Å². The van der Waals surface area contributed by atoms with E-state index in [0.717, 1.165) is 0 Å². The molecule has 4 heteroatoms. The highest BCUT2D eigenvalue weighted by Crippen LogP contribution is 2.13. The fourth-order valence-corrected chi connectivity index (χ4v) is 1.28. The SMILES string of the molecule is O=C(O)c1ccccc1-n1ccnc1. The van der Waals surface area contributed by atoms with E-state index in [1.807, 2.05) is 0 Å². The molecular formula is C10H8N2O2. The number of carboxylic acids is 1. The minimum Gasteiger partial charge on any atom is -0.478 e. The van der Waals surface area contributed by atoms with Gasteiger partial charge in [0.25, 0.3) is 0 Å². The average Bonchev–Trinajstić information content (AvgIpc) is 2.70. The zero-order valence-electron chi connectivity index (χ0n) is 7.29. The summed E-state index contributed by atoms with van der Waals surface area (Å²) in [4.78, 5) is 14.8. The van der Waals surface area contributed by atoms with E-state index in [1.54, 1.807) is 47.6 Å². The Bertz CT molecular complexity index is 449. The molecule has 14 heavy (non-hydrogen) atoms. The largest absolute Gasteiger partial charge is 0.478 e. The number of carbonyl (C=O) groups is 1. The second kappa shape index (κ2) is 3.33. The predicted octanol–water partition coefficient (Wildman–Crippen LogP) is 1.57. The molecule has 1 N–H and O–H groups in total. The Kier molecular flexibility index (Phi) is 2.02. The van der Waals surface area contributed by atoms with Crippen molar-refractivity contribution in [1.29, 1.82) is 0 Å². The van der Waals surface area contributed by atoms with Crippen LogP contribution in [-0.2, 0) is 0 Å². The topological polar surface area (TPSA) is 55.1 Å². The van der Waals surface area contributed by atoms with Crippen molar-refractivity contribution in [2.24, 2.45) is 0 Å². The maximum Gasteiger partial charge on any atom is 0.337 e. The summed E-state index contributed by atoms with van der Waals surface area (Å²) < 4.78 is 1.67. The molecule has 0 aliphatic rings. The second-order valence-electron chi connectivity index (χ2n) is 2.79. The number of aromatic carboxylic acids is 1. The molecule has 0 spiro atoms. The number of nitrogens with zero attached hydrogens (tertiary/aromatic N) is 2. The van der Waals surface area contributed by atoms with E-state index in [4.69, 9.17) is 5.11 Å². The van der Waals surface area contributed by atoms with Gasteiger partial charge in [-0.2, -0.15) is 0 Å². The van der Waals surface area contributed by atoms with E-state index >= 15 is 0 Å². The van der Waals surface area contributed by atoms with Gasteiger partial charge in [0.05, 0.1) is 17.6 Å². The third kappa shape index (κ3) is 1.37. The summed E-state index contributed by atoms with van der Waals surface area (Å²) in [5.41, 5.74) is 0.892. The molecule has 0 aliphatic carbocycles. The maximum absolute atomic E-state index is 10.9. The Morgan fingerprint density at radius 1 is 1.36 bits per heavy atom. The summed E-state index contributed by atoms with van der Waals surface area (Å²) in [5, 5.41) is 8.93. The van der Waals surface area contributed by atoms with Crippen molar-refractivity contribution in [3.63, 3.8) is 0 Å². The molecule has 1 heterocycles. The Balaban J connectivity index is 2.58. The van der Waals surface area contributed by atoms with Gasteiger partial charge in [0.15, 0.2) is 0 Å². The monoisotopic (exact) mass is 188 g/mol. The number of para-hydroxylation sites is 1. The van der Waals surface area contributed by atoms with Crippen molar-refractivity contribution in [1.82, 2.24) is 9.55 Å². The third-order valence-corrected chi connectivity index (χ3v) is 1.92. The second-order valence-corrected chi connectivity index (χ2v) is 2.79. The van der Waals surface area contributed by atoms with Crippen LogP contribution in [0, 0.1) is 0 Å². The number of hydrogen-bond acceptors (Lipinski definition) is 2. The van der Waals surface area contributed by atoms with Gasteiger partial charge in [-0.15, -0.1) is 0 Å². The lowest BCUT2D eigenvalue weighted by Crippen LogP contribution is -2.03. The quantitative estimate of drug-likeness (QED) is 0.778. The van der Waals surface area contributed by atoms with Crippen LogP contribution in [-0.4, -0.2) is 20.6 Å². The summed E-state index contributed by atoms with van der Waals surface area (Å²) >= 11 is 0. The van der Waals surface area contributed by atoms with Gasteiger partial charge in [-0.05, 0) is 12.1 Å². The standard InChI is InChI=1S/C10H8N2O2/c13-10(14)8-3-1-2-4-9(8)12-6-5-11-7-12/h1-7H,(H,13,14). The lowest BCUT2D eigenvalue weighted by molar-refractivity contribution is 0.0697. The van der Waals surface area contributed by atoms with Crippen LogP contribution in [0.3, 0.4) is 0 Å². The first-order chi connectivity index (χ1) is 6.79. The fourth-order valence-electron chi connectivity index (χ4n) is 1.28. The molecule has 0 atom stereocenters. The highest BCUT2D eigenvalue weighted by Gasteiger charge is 2.09. The van der Waals surface area contributed by atoms with Crippen LogP contribution in [0.15, 0.2) is 43.0 Å². The lowest BCUT2D eigenvalue weighted by Gasteiger charge is -2.05. The van der Waals surface area contributed by atoms with E-state index in [1.165, 1.54) is 0 Å². The minimum atomic E-state index is -0.936. The molecule has 0 radical (unpaired) electrons. The fraction of sp³-hybridized carbons (Fsp3) is 0. The smallest absolute Gasteiger partial charge is 0.337 e. The molecular weight excluding hydrogens is 180 g/mol. The molecule has 1 aromatic heterocycles. The highest BCUT2D eigenvalue weighted by molar-refractivity contribution is 5.91. The molecule has 0 saturated heterocycles. The molecule has 0 unspecified atom stereocenters. The molecule has 1 aromatic carbocycles. The van der Waals surface area contributed by atoms with Gasteiger partial charge < -0.3 is 9.67 Å². The number of carboxylic acid groups (broad SMARTS) is 1. The molecule has 0 fully saturated rings. The summed E-state index contributed by atoms with van der Waals surface area (Å²) in [6.45, 7) is 0. The van der Waals surface area contributed by atoms with Gasteiger partial charge in [0.1, 0.15) is 0 Å². The number of aromatic nitrogens is 2. The van der Waals surface area contributed by atoms with Crippen molar-refractivity contribution in [2.45, 2.75) is 0 Å². The molecule has 0 bridgehead atoms. The van der Waals surface area contributed by atoms with E-state index in [2.05, 4.69) is 4.98 Å². The molecule has 0 saturated carbocycles. The van der Waals surface area contributed by atoms with Crippen LogP contribution in [0.5, 0.6) is 0 Å². The Morgan fingerprint density at radius 3 is 2.79 bits per heavy atom. The van der Waals surface area contributed by atoms with E-state index in [-0.39, 0.29) is 5.56 Å². The van der Waals surface area contributed by atoms with Crippen molar-refractivity contribution >= 4 is 5.97 Å². The van der Waals surface area contributed by atoms with Crippen molar-refractivity contribution in [3.05, 3.63) is 48.5 Å². The minimum absolute atomic E-state index is 0.269. The molecule has 2 rings (SSSR count). The summed E-state index contributed by atoms with van der Waals surface area (Å²) in [6.07, 6.45) is 4.89. The average molecular weight is 188 g/mol. The first-order valence-corrected chi connectivity index (χ1v) is 4.09. The molecule has 70 valence electrons. The van der Waals surface area contributed by atoms with Gasteiger partial charge in [-0.25, -0.2) is 9.78 Å². The Morgan fingerprint density at radius 2 is 2.14 bits per heavy atom. The Hall–Kier alpha value is -2.10. The highest BCUT2D eigenvalue weighted by atomic mass is 16.4. The number of hydrogen-bond donors (Lipinski definition) is 1. The van der Waals surface area contributed by atoms with Crippen LogP contribution < -0.4 is 0 Å². The van der Waals surface area contributed by atoms with E-state index in [9.17, 15) is 4.79 Å². The zero-order chi connectivity index (χ0) is 9.97. The normalized spacial score (nSPS) is 10.0.